The van der Waals surface area contributed by atoms with Crippen LogP contribution in [0.5, 0.6) is 0 Å². The Morgan fingerprint density at radius 3 is 2.65 bits per heavy atom. The fraction of sp³-hybridized carbons (Fsp3) is 0.235. The number of aromatic amines is 1. The maximum Gasteiger partial charge on any atom is 0.166 e. The summed E-state index contributed by atoms with van der Waals surface area (Å²) in [6, 6.07) is 10.1. The Labute approximate surface area is 154 Å². The largest absolute Gasteiger partial charge is 0.378 e. The van der Waals surface area contributed by atoms with Crippen molar-refractivity contribution in [3.8, 4) is 27.9 Å². The number of aromatic nitrogens is 3. The molecule has 0 unspecified atom stereocenters. The highest BCUT2D eigenvalue weighted by Crippen LogP contribution is 2.46. The van der Waals surface area contributed by atoms with Crippen molar-refractivity contribution in [1.29, 1.82) is 5.26 Å². The highest BCUT2D eigenvalue weighted by molar-refractivity contribution is 7.20. The number of ether oxygens (including phenoxy) is 1. The van der Waals surface area contributed by atoms with Crippen molar-refractivity contribution in [1.82, 2.24) is 15.2 Å². The van der Waals surface area contributed by atoms with Crippen LogP contribution in [-0.2, 0) is 4.74 Å². The average Bonchev–Trinajstić information content (AvgIpc) is 3.36. The van der Waals surface area contributed by atoms with Crippen LogP contribution in [0.15, 0.2) is 30.6 Å². The van der Waals surface area contributed by atoms with Gasteiger partial charge in [0, 0.05) is 24.3 Å². The van der Waals surface area contributed by atoms with E-state index in [2.05, 4.69) is 31.6 Å². The first-order valence-electron chi connectivity index (χ1n) is 8.14. The van der Waals surface area contributed by atoms with Gasteiger partial charge in [-0.1, -0.05) is 12.1 Å². The van der Waals surface area contributed by atoms with E-state index in [0.29, 0.717) is 24.6 Å². The summed E-state index contributed by atoms with van der Waals surface area (Å²) in [4.78, 5) is 7.40. The first-order chi connectivity index (χ1) is 12.8. The van der Waals surface area contributed by atoms with E-state index in [0.717, 1.165) is 39.8 Å². The van der Waals surface area contributed by atoms with Gasteiger partial charge in [0.15, 0.2) is 5.82 Å². The quantitative estimate of drug-likeness (QED) is 0.478. The molecule has 0 saturated carbocycles. The number of nitrogen functional groups attached to an aromatic ring is 1. The van der Waals surface area contributed by atoms with Gasteiger partial charge in [0.1, 0.15) is 17.4 Å². The second kappa shape index (κ2) is 7.13. The third-order valence-electron chi connectivity index (χ3n) is 4.27. The number of hydrogen-bond acceptors (Lipinski definition) is 8. The number of morpholine rings is 1. The van der Waals surface area contributed by atoms with E-state index in [1.54, 1.807) is 11.3 Å². The van der Waals surface area contributed by atoms with Gasteiger partial charge < -0.3 is 15.1 Å². The van der Waals surface area contributed by atoms with Crippen molar-refractivity contribution in [2.45, 2.75) is 0 Å². The number of hydrazine groups is 1. The summed E-state index contributed by atoms with van der Waals surface area (Å²) in [5, 5.41) is 17.7. The molecule has 1 fully saturated rings. The lowest BCUT2D eigenvalue weighted by atomic mass is 10.0. The molecule has 1 saturated heterocycles. The summed E-state index contributed by atoms with van der Waals surface area (Å²) in [6.45, 7) is 2.85. The van der Waals surface area contributed by atoms with E-state index in [1.807, 2.05) is 24.3 Å². The number of H-pyrrole nitrogens is 1. The number of hydrogen-bond donors (Lipinski definition) is 3. The number of nitrogens with one attached hydrogen (secondary N) is 2. The molecular weight excluding hydrogens is 350 g/mol. The third-order valence-corrected chi connectivity index (χ3v) is 5.53. The fourth-order valence-electron chi connectivity index (χ4n) is 3.00. The number of rotatable bonds is 4. The van der Waals surface area contributed by atoms with Gasteiger partial charge in [0.05, 0.1) is 23.7 Å². The molecule has 8 nitrogen and oxygen atoms in total. The van der Waals surface area contributed by atoms with Crippen LogP contribution >= 0.6 is 11.3 Å². The van der Waals surface area contributed by atoms with Crippen LogP contribution in [-0.4, -0.2) is 41.5 Å². The number of nitriles is 1. The monoisotopic (exact) mass is 367 g/mol. The zero-order chi connectivity index (χ0) is 17.9. The van der Waals surface area contributed by atoms with Gasteiger partial charge in [-0.25, -0.2) is 4.98 Å². The van der Waals surface area contributed by atoms with Crippen molar-refractivity contribution in [3.63, 3.8) is 0 Å². The van der Waals surface area contributed by atoms with Crippen LogP contribution in [0.2, 0.25) is 0 Å². The normalized spacial score (nSPS) is 14.2. The molecule has 0 atom stereocenters. The molecule has 4 rings (SSSR count). The lowest BCUT2D eigenvalue weighted by Crippen LogP contribution is -2.36. The Hall–Kier alpha value is -2.93. The standard InChI is InChI=1S/C17H17N7OS/c18-9-13-14(11-1-3-12(22-19)4-2-11)15(16-20-10-21-23-16)26-17(13)24-5-7-25-8-6-24/h1-4,10,22H,5-8,19H2,(H,20,21,23). The molecule has 0 spiro atoms. The molecule has 9 heteroatoms. The minimum Gasteiger partial charge on any atom is -0.378 e. The number of anilines is 2. The maximum absolute atomic E-state index is 9.92. The van der Waals surface area contributed by atoms with Crippen LogP contribution in [0, 0.1) is 11.3 Å². The molecular formula is C17H17N7OS. The predicted molar refractivity (Wildman–Crippen MR) is 101 cm³/mol. The molecule has 1 aliphatic rings. The Morgan fingerprint density at radius 2 is 2.04 bits per heavy atom. The first-order valence-corrected chi connectivity index (χ1v) is 8.96. The number of thiophene rings is 1. The first kappa shape index (κ1) is 16.5. The number of nitrogens with zero attached hydrogens (tertiary/aromatic N) is 4. The molecule has 132 valence electrons. The minimum absolute atomic E-state index is 0.650. The SMILES string of the molecule is N#Cc1c(N2CCOCC2)sc(-c2ncn[nH]2)c1-c1ccc(NN)cc1. The van der Waals surface area contributed by atoms with Gasteiger partial charge in [0.2, 0.25) is 0 Å². The van der Waals surface area contributed by atoms with Crippen LogP contribution in [0.1, 0.15) is 5.56 Å². The van der Waals surface area contributed by atoms with E-state index < -0.39 is 0 Å². The van der Waals surface area contributed by atoms with Crippen molar-refractivity contribution in [2.75, 3.05) is 36.6 Å². The summed E-state index contributed by atoms with van der Waals surface area (Å²) < 4.78 is 5.45. The maximum atomic E-state index is 9.92. The summed E-state index contributed by atoms with van der Waals surface area (Å²) in [5.41, 5.74) is 5.87. The molecule has 4 N–H and O–H groups in total. The average molecular weight is 367 g/mol. The molecule has 3 aromatic rings. The van der Waals surface area contributed by atoms with E-state index in [9.17, 15) is 5.26 Å². The highest BCUT2D eigenvalue weighted by atomic mass is 32.1. The van der Waals surface area contributed by atoms with E-state index >= 15 is 0 Å². The molecule has 0 amide bonds. The van der Waals surface area contributed by atoms with Crippen molar-refractivity contribution in [3.05, 3.63) is 36.2 Å². The summed E-state index contributed by atoms with van der Waals surface area (Å²) in [6.07, 6.45) is 1.47. The van der Waals surface area contributed by atoms with Gasteiger partial charge in [-0.05, 0) is 17.7 Å². The highest BCUT2D eigenvalue weighted by Gasteiger charge is 2.26. The van der Waals surface area contributed by atoms with Crippen LogP contribution in [0.4, 0.5) is 10.7 Å². The van der Waals surface area contributed by atoms with Crippen molar-refractivity contribution >= 4 is 22.0 Å². The molecule has 2 aromatic heterocycles. The van der Waals surface area contributed by atoms with Gasteiger partial charge >= 0.3 is 0 Å². The van der Waals surface area contributed by atoms with Crippen LogP contribution in [0.25, 0.3) is 21.8 Å². The minimum atomic E-state index is 0.650. The van der Waals surface area contributed by atoms with Gasteiger partial charge in [-0.2, -0.15) is 10.4 Å². The summed E-state index contributed by atoms with van der Waals surface area (Å²) in [7, 11) is 0. The third kappa shape index (κ3) is 2.90. The zero-order valence-electron chi connectivity index (χ0n) is 13.9. The summed E-state index contributed by atoms with van der Waals surface area (Å²) in [5.74, 6) is 6.12. The molecule has 0 bridgehead atoms. The summed E-state index contributed by atoms with van der Waals surface area (Å²) >= 11 is 1.55. The van der Waals surface area contributed by atoms with Gasteiger partial charge in [-0.3, -0.25) is 10.9 Å². The zero-order valence-corrected chi connectivity index (χ0v) is 14.7. The number of nitrogens with two attached hydrogens (primary N) is 1. The second-order valence-electron chi connectivity index (χ2n) is 5.75. The molecule has 0 radical (unpaired) electrons. The molecule has 1 aliphatic heterocycles. The lowest BCUT2D eigenvalue weighted by Gasteiger charge is -2.27. The Kier molecular flexibility index (Phi) is 4.53. The molecule has 1 aromatic carbocycles. The van der Waals surface area contributed by atoms with Gasteiger partial charge in [-0.15, -0.1) is 11.3 Å². The number of benzene rings is 1. The molecule has 3 heterocycles. The molecule has 0 aliphatic carbocycles. The van der Waals surface area contributed by atoms with Crippen LogP contribution < -0.4 is 16.2 Å². The topological polar surface area (TPSA) is 116 Å². The van der Waals surface area contributed by atoms with E-state index in [-0.39, 0.29) is 0 Å². The van der Waals surface area contributed by atoms with Crippen molar-refractivity contribution in [2.24, 2.45) is 5.84 Å². The predicted octanol–water partition coefficient (Wildman–Crippen LogP) is 2.19. The lowest BCUT2D eigenvalue weighted by molar-refractivity contribution is 0.123. The molecule has 26 heavy (non-hydrogen) atoms. The smallest absolute Gasteiger partial charge is 0.166 e. The van der Waals surface area contributed by atoms with E-state index in [4.69, 9.17) is 10.6 Å². The second-order valence-corrected chi connectivity index (χ2v) is 6.75. The Balaban J connectivity index is 1.89. The van der Waals surface area contributed by atoms with Crippen molar-refractivity contribution < 1.29 is 4.74 Å². The van der Waals surface area contributed by atoms with Crippen LogP contribution in [0.3, 0.4) is 0 Å². The van der Waals surface area contributed by atoms with E-state index in [1.165, 1.54) is 6.33 Å². The Bertz CT molecular complexity index is 921. The van der Waals surface area contributed by atoms with Gasteiger partial charge in [0.25, 0.3) is 0 Å². The fourth-order valence-corrected chi connectivity index (χ4v) is 4.27. The Morgan fingerprint density at radius 1 is 1.27 bits per heavy atom.